The molecule has 3 rings (SSSR count). The highest BCUT2D eigenvalue weighted by atomic mass is 19.1. The van der Waals surface area contributed by atoms with Crippen LogP contribution in [0.2, 0.25) is 0 Å². The van der Waals surface area contributed by atoms with Crippen LogP contribution in [0.1, 0.15) is 18.1 Å². The molecule has 2 aromatic carbocycles. The van der Waals surface area contributed by atoms with E-state index in [2.05, 4.69) is 15.6 Å². The number of halogens is 1. The Morgan fingerprint density at radius 2 is 1.93 bits per heavy atom. The molecule has 0 aliphatic rings. The minimum atomic E-state index is -0.509. The molecule has 0 saturated heterocycles. The molecule has 1 unspecified atom stereocenters. The van der Waals surface area contributed by atoms with Crippen LogP contribution in [0.15, 0.2) is 67.0 Å². The third kappa shape index (κ3) is 6.20. The number of rotatable bonds is 8. The lowest BCUT2D eigenvalue weighted by atomic mass is 10.1. The predicted molar refractivity (Wildman–Crippen MR) is 112 cm³/mol. The molecule has 0 saturated carbocycles. The molecule has 30 heavy (non-hydrogen) atoms. The minimum Gasteiger partial charge on any atom is -0.497 e. The zero-order valence-corrected chi connectivity index (χ0v) is 16.9. The number of pyridine rings is 1. The van der Waals surface area contributed by atoms with Gasteiger partial charge >= 0.3 is 6.03 Å². The molecule has 0 spiro atoms. The number of benzene rings is 2. The molecule has 0 aliphatic heterocycles. The minimum absolute atomic E-state index is 0.0795. The Balaban J connectivity index is 1.48. The van der Waals surface area contributed by atoms with Crippen LogP contribution >= 0.6 is 0 Å². The SMILES string of the molecule is COc1cccc(CC(C)NC(=O)NCc2ccc(Oc3cccnc3)c(F)c2)c1. The van der Waals surface area contributed by atoms with Gasteiger partial charge in [-0.2, -0.15) is 0 Å². The highest BCUT2D eigenvalue weighted by molar-refractivity contribution is 5.74. The van der Waals surface area contributed by atoms with Gasteiger partial charge in [-0.3, -0.25) is 4.98 Å². The number of carbonyl (C=O) groups excluding carboxylic acids is 1. The maximum absolute atomic E-state index is 14.3. The third-order valence-electron chi connectivity index (χ3n) is 4.37. The fourth-order valence-electron chi connectivity index (χ4n) is 2.93. The molecule has 0 bridgehead atoms. The van der Waals surface area contributed by atoms with Crippen LogP contribution in [0, 0.1) is 5.82 Å². The van der Waals surface area contributed by atoms with E-state index in [1.54, 1.807) is 31.5 Å². The Morgan fingerprint density at radius 3 is 2.67 bits per heavy atom. The van der Waals surface area contributed by atoms with Crippen molar-refractivity contribution in [1.82, 2.24) is 15.6 Å². The molecule has 0 aliphatic carbocycles. The van der Waals surface area contributed by atoms with Crippen molar-refractivity contribution < 1.29 is 18.7 Å². The predicted octanol–water partition coefficient (Wildman–Crippen LogP) is 4.45. The number of hydrogen-bond acceptors (Lipinski definition) is 4. The second-order valence-corrected chi connectivity index (χ2v) is 6.84. The van der Waals surface area contributed by atoms with Crippen molar-refractivity contribution in [2.75, 3.05) is 7.11 Å². The monoisotopic (exact) mass is 409 g/mol. The molecular weight excluding hydrogens is 385 g/mol. The fraction of sp³-hybridized carbons (Fsp3) is 0.217. The first-order valence-corrected chi connectivity index (χ1v) is 9.57. The second-order valence-electron chi connectivity index (χ2n) is 6.84. The first kappa shape index (κ1) is 21.1. The summed E-state index contributed by atoms with van der Waals surface area (Å²) in [6.07, 6.45) is 3.78. The van der Waals surface area contributed by atoms with Crippen LogP contribution < -0.4 is 20.1 Å². The average molecular weight is 409 g/mol. The van der Waals surface area contributed by atoms with E-state index in [-0.39, 0.29) is 24.4 Å². The number of urea groups is 1. The van der Waals surface area contributed by atoms with E-state index in [0.29, 0.717) is 17.7 Å². The summed E-state index contributed by atoms with van der Waals surface area (Å²) in [5, 5.41) is 5.62. The third-order valence-corrected chi connectivity index (χ3v) is 4.37. The summed E-state index contributed by atoms with van der Waals surface area (Å²) in [5.41, 5.74) is 1.69. The Hall–Kier alpha value is -3.61. The summed E-state index contributed by atoms with van der Waals surface area (Å²) in [6.45, 7) is 2.12. The summed E-state index contributed by atoms with van der Waals surface area (Å²) >= 11 is 0. The van der Waals surface area contributed by atoms with Crippen molar-refractivity contribution in [2.24, 2.45) is 0 Å². The van der Waals surface area contributed by atoms with Crippen LogP contribution in [-0.2, 0) is 13.0 Å². The first-order chi connectivity index (χ1) is 14.5. The van der Waals surface area contributed by atoms with Crippen molar-refractivity contribution >= 4 is 6.03 Å². The van der Waals surface area contributed by atoms with Gasteiger partial charge in [0.25, 0.3) is 0 Å². The Labute approximate surface area is 175 Å². The van der Waals surface area contributed by atoms with Crippen molar-refractivity contribution in [1.29, 1.82) is 0 Å². The lowest BCUT2D eigenvalue weighted by Gasteiger charge is -2.15. The lowest BCUT2D eigenvalue weighted by molar-refractivity contribution is 0.237. The number of nitrogens with zero attached hydrogens (tertiary/aromatic N) is 1. The fourth-order valence-corrected chi connectivity index (χ4v) is 2.93. The summed E-state index contributed by atoms with van der Waals surface area (Å²) in [4.78, 5) is 16.1. The number of hydrogen-bond donors (Lipinski definition) is 2. The van der Waals surface area contributed by atoms with Crippen LogP contribution in [-0.4, -0.2) is 24.2 Å². The molecule has 6 nitrogen and oxygen atoms in total. The van der Waals surface area contributed by atoms with E-state index in [1.165, 1.54) is 18.3 Å². The molecule has 2 amide bonds. The number of nitrogens with one attached hydrogen (secondary N) is 2. The summed E-state index contributed by atoms with van der Waals surface area (Å²) < 4.78 is 25.0. The van der Waals surface area contributed by atoms with E-state index in [4.69, 9.17) is 9.47 Å². The zero-order chi connectivity index (χ0) is 21.3. The Morgan fingerprint density at radius 1 is 1.10 bits per heavy atom. The van der Waals surface area contributed by atoms with Crippen molar-refractivity contribution in [2.45, 2.75) is 25.9 Å². The number of amides is 2. The Kier molecular flexibility index (Phi) is 7.21. The molecule has 1 atom stereocenters. The number of carbonyl (C=O) groups is 1. The molecule has 2 N–H and O–H groups in total. The van der Waals surface area contributed by atoms with E-state index in [1.807, 2.05) is 31.2 Å². The van der Waals surface area contributed by atoms with Crippen molar-refractivity contribution in [3.63, 3.8) is 0 Å². The summed E-state index contributed by atoms with van der Waals surface area (Å²) in [7, 11) is 1.62. The van der Waals surface area contributed by atoms with Crippen LogP contribution in [0.4, 0.5) is 9.18 Å². The molecule has 3 aromatic rings. The molecule has 1 heterocycles. The topological polar surface area (TPSA) is 72.5 Å². The van der Waals surface area contributed by atoms with E-state index in [0.717, 1.165) is 11.3 Å². The highest BCUT2D eigenvalue weighted by Gasteiger charge is 2.10. The molecular formula is C23H24FN3O3. The quantitative estimate of drug-likeness (QED) is 0.577. The van der Waals surface area contributed by atoms with Gasteiger partial charge in [0.1, 0.15) is 11.5 Å². The highest BCUT2D eigenvalue weighted by Crippen LogP contribution is 2.24. The summed E-state index contributed by atoms with van der Waals surface area (Å²) in [6, 6.07) is 15.3. The van der Waals surface area contributed by atoms with Gasteiger partial charge in [0.15, 0.2) is 11.6 Å². The first-order valence-electron chi connectivity index (χ1n) is 9.57. The second kappa shape index (κ2) is 10.2. The largest absolute Gasteiger partial charge is 0.497 e. The van der Waals surface area contributed by atoms with Gasteiger partial charge in [-0.05, 0) is 60.9 Å². The van der Waals surface area contributed by atoms with Gasteiger partial charge in [-0.15, -0.1) is 0 Å². The standard InChI is InChI=1S/C23H24FN3O3/c1-16(11-17-5-3-6-19(12-17)29-2)27-23(28)26-14-18-8-9-22(21(24)13-18)30-20-7-4-10-25-15-20/h3-10,12-13,15-16H,11,14H2,1-2H3,(H2,26,27,28). The molecule has 0 radical (unpaired) electrons. The van der Waals surface area contributed by atoms with E-state index >= 15 is 0 Å². The Bertz CT molecular complexity index is 982. The van der Waals surface area contributed by atoms with E-state index in [9.17, 15) is 9.18 Å². The zero-order valence-electron chi connectivity index (χ0n) is 16.9. The number of aromatic nitrogens is 1. The maximum atomic E-state index is 14.3. The normalized spacial score (nSPS) is 11.4. The van der Waals surface area contributed by atoms with Gasteiger partial charge in [-0.1, -0.05) is 18.2 Å². The van der Waals surface area contributed by atoms with Crippen LogP contribution in [0.3, 0.4) is 0 Å². The lowest BCUT2D eigenvalue weighted by Crippen LogP contribution is -2.41. The van der Waals surface area contributed by atoms with Crippen LogP contribution in [0.25, 0.3) is 0 Å². The maximum Gasteiger partial charge on any atom is 0.315 e. The summed E-state index contributed by atoms with van der Waals surface area (Å²) in [5.74, 6) is 0.821. The molecule has 156 valence electrons. The van der Waals surface area contributed by atoms with Crippen LogP contribution in [0.5, 0.6) is 17.2 Å². The average Bonchev–Trinajstić information content (AvgIpc) is 2.75. The van der Waals surface area contributed by atoms with Crippen molar-refractivity contribution in [3.05, 3.63) is 83.9 Å². The smallest absolute Gasteiger partial charge is 0.315 e. The van der Waals surface area contributed by atoms with Crippen molar-refractivity contribution in [3.8, 4) is 17.2 Å². The van der Waals surface area contributed by atoms with E-state index < -0.39 is 5.82 Å². The molecule has 1 aromatic heterocycles. The molecule has 0 fully saturated rings. The number of methoxy groups -OCH3 is 1. The molecule has 7 heteroatoms. The van der Waals surface area contributed by atoms with Gasteiger partial charge in [0.2, 0.25) is 0 Å². The van der Waals surface area contributed by atoms with Gasteiger partial charge in [-0.25, -0.2) is 9.18 Å². The van der Waals surface area contributed by atoms with Gasteiger partial charge in [0, 0.05) is 18.8 Å². The van der Waals surface area contributed by atoms with Gasteiger partial charge < -0.3 is 20.1 Å². The van der Waals surface area contributed by atoms with Gasteiger partial charge in [0.05, 0.1) is 13.3 Å². The number of ether oxygens (including phenoxy) is 2.